The normalized spacial score (nSPS) is 11.1. The van der Waals surface area contributed by atoms with E-state index < -0.39 is 0 Å². The molecule has 0 saturated heterocycles. The van der Waals surface area contributed by atoms with Crippen molar-refractivity contribution in [2.75, 3.05) is 5.73 Å². The molecule has 4 nitrogen and oxygen atoms in total. The minimum absolute atomic E-state index is 0.484. The van der Waals surface area contributed by atoms with Crippen molar-refractivity contribution < 1.29 is 0 Å². The van der Waals surface area contributed by atoms with E-state index in [0.717, 1.165) is 23.3 Å². The first-order valence-electron chi connectivity index (χ1n) is 5.60. The minimum Gasteiger partial charge on any atom is -0.369 e. The molecule has 0 aliphatic rings. The average Bonchev–Trinajstić information content (AvgIpc) is 2.85. The van der Waals surface area contributed by atoms with Crippen molar-refractivity contribution in [2.45, 2.75) is 13.3 Å². The molecule has 4 N–H and O–H groups in total. The number of nitrogens with two attached hydrogens (primary N) is 1. The Bertz CT molecular complexity index is 663. The third kappa shape index (κ3) is 1.67. The molecule has 86 valence electrons. The fraction of sp³-hybridized carbons (Fsp3) is 0.154. The van der Waals surface area contributed by atoms with Crippen LogP contribution in [0, 0.1) is 6.92 Å². The molecule has 17 heavy (non-hydrogen) atoms. The second kappa shape index (κ2) is 3.66. The van der Waals surface area contributed by atoms with Gasteiger partial charge < -0.3 is 15.7 Å². The van der Waals surface area contributed by atoms with E-state index in [0.29, 0.717) is 5.95 Å². The maximum atomic E-state index is 5.65. The fourth-order valence-corrected chi connectivity index (χ4v) is 2.15. The van der Waals surface area contributed by atoms with Crippen molar-refractivity contribution in [1.82, 2.24) is 15.0 Å². The van der Waals surface area contributed by atoms with E-state index in [-0.39, 0.29) is 0 Å². The summed E-state index contributed by atoms with van der Waals surface area (Å²) in [6.07, 6.45) is 2.83. The summed E-state index contributed by atoms with van der Waals surface area (Å²) in [6.45, 7) is 1.99. The fourth-order valence-electron chi connectivity index (χ4n) is 2.15. The lowest BCUT2D eigenvalue weighted by Crippen LogP contribution is -1.90. The highest BCUT2D eigenvalue weighted by Crippen LogP contribution is 2.21. The Labute approximate surface area is 98.9 Å². The number of anilines is 1. The van der Waals surface area contributed by atoms with Crippen molar-refractivity contribution >= 4 is 16.9 Å². The first-order valence-corrected chi connectivity index (χ1v) is 5.60. The number of hydrogen-bond acceptors (Lipinski definition) is 2. The molecule has 4 heteroatoms. The number of aromatic amines is 2. The molecule has 3 rings (SSSR count). The summed E-state index contributed by atoms with van der Waals surface area (Å²) in [5.74, 6) is 0.484. The lowest BCUT2D eigenvalue weighted by Gasteiger charge is -1.97. The van der Waals surface area contributed by atoms with E-state index in [1.54, 1.807) is 0 Å². The molecule has 0 atom stereocenters. The second-order valence-corrected chi connectivity index (χ2v) is 4.23. The van der Waals surface area contributed by atoms with E-state index in [4.69, 9.17) is 5.73 Å². The molecular formula is C13H14N4. The van der Waals surface area contributed by atoms with Crippen LogP contribution in [0.15, 0.2) is 30.5 Å². The predicted octanol–water partition coefficient (Wildman–Crippen LogP) is 2.37. The SMILES string of the molecule is Cc1[nH]c(N)nc1Cc1c[nH]c2ccccc12. The van der Waals surface area contributed by atoms with Crippen molar-refractivity contribution in [3.63, 3.8) is 0 Å². The van der Waals surface area contributed by atoms with Crippen molar-refractivity contribution in [3.05, 3.63) is 47.4 Å². The standard InChI is InChI=1S/C13H14N4/c1-8-12(17-13(14)16-8)6-9-7-15-11-5-3-2-4-10(9)11/h2-5,7,15H,6H2,1H3,(H3,14,16,17). The summed E-state index contributed by atoms with van der Waals surface area (Å²) in [7, 11) is 0. The average molecular weight is 226 g/mol. The topological polar surface area (TPSA) is 70.5 Å². The van der Waals surface area contributed by atoms with Gasteiger partial charge in [0.2, 0.25) is 0 Å². The number of nitrogens with one attached hydrogen (secondary N) is 2. The van der Waals surface area contributed by atoms with Gasteiger partial charge in [-0.1, -0.05) is 18.2 Å². The summed E-state index contributed by atoms with van der Waals surface area (Å²) >= 11 is 0. The smallest absolute Gasteiger partial charge is 0.197 e. The van der Waals surface area contributed by atoms with Gasteiger partial charge in [0.15, 0.2) is 5.95 Å². The van der Waals surface area contributed by atoms with Gasteiger partial charge in [-0.15, -0.1) is 0 Å². The molecule has 0 aliphatic carbocycles. The highest BCUT2D eigenvalue weighted by Gasteiger charge is 2.09. The number of nitrogens with zero attached hydrogens (tertiary/aromatic N) is 1. The first kappa shape index (κ1) is 9.96. The monoisotopic (exact) mass is 226 g/mol. The minimum atomic E-state index is 0.484. The molecule has 0 bridgehead atoms. The quantitative estimate of drug-likeness (QED) is 0.627. The van der Waals surface area contributed by atoms with Gasteiger partial charge in [-0.05, 0) is 18.6 Å². The molecule has 2 aromatic heterocycles. The number of aromatic nitrogens is 3. The molecule has 0 radical (unpaired) electrons. The molecule has 0 saturated carbocycles. The summed E-state index contributed by atoms with van der Waals surface area (Å²) in [6, 6.07) is 8.27. The molecule has 0 spiro atoms. The zero-order valence-corrected chi connectivity index (χ0v) is 9.62. The van der Waals surface area contributed by atoms with Gasteiger partial charge in [-0.3, -0.25) is 0 Å². The van der Waals surface area contributed by atoms with Crippen molar-refractivity contribution in [3.8, 4) is 0 Å². The molecule has 1 aromatic carbocycles. The van der Waals surface area contributed by atoms with Gasteiger partial charge in [0, 0.05) is 29.2 Å². The molecule has 0 fully saturated rings. The molecule has 2 heterocycles. The largest absolute Gasteiger partial charge is 0.369 e. The number of nitrogen functional groups attached to an aromatic ring is 1. The number of aryl methyl sites for hydroxylation is 1. The lowest BCUT2D eigenvalue weighted by atomic mass is 10.1. The van der Waals surface area contributed by atoms with Crippen molar-refractivity contribution in [1.29, 1.82) is 0 Å². The van der Waals surface area contributed by atoms with E-state index in [9.17, 15) is 0 Å². The molecule has 3 aromatic rings. The first-order chi connectivity index (χ1) is 8.24. The number of rotatable bonds is 2. The molecular weight excluding hydrogens is 212 g/mol. The predicted molar refractivity (Wildman–Crippen MR) is 68.8 cm³/mol. The van der Waals surface area contributed by atoms with Crippen LogP contribution >= 0.6 is 0 Å². The third-order valence-electron chi connectivity index (χ3n) is 3.04. The van der Waals surface area contributed by atoms with E-state index in [1.807, 2.05) is 25.3 Å². The van der Waals surface area contributed by atoms with E-state index in [2.05, 4.69) is 27.1 Å². The number of H-pyrrole nitrogens is 2. The van der Waals surface area contributed by atoms with Gasteiger partial charge in [0.25, 0.3) is 0 Å². The molecule has 0 aliphatic heterocycles. The van der Waals surface area contributed by atoms with Gasteiger partial charge in [-0.2, -0.15) is 0 Å². The Morgan fingerprint density at radius 2 is 2.12 bits per heavy atom. The van der Waals surface area contributed by atoms with E-state index in [1.165, 1.54) is 10.9 Å². The lowest BCUT2D eigenvalue weighted by molar-refractivity contribution is 1.09. The van der Waals surface area contributed by atoms with Gasteiger partial charge >= 0.3 is 0 Å². The Morgan fingerprint density at radius 3 is 2.88 bits per heavy atom. The van der Waals surface area contributed by atoms with Gasteiger partial charge in [0.1, 0.15) is 0 Å². The zero-order chi connectivity index (χ0) is 11.8. The Hall–Kier alpha value is -2.23. The third-order valence-corrected chi connectivity index (χ3v) is 3.04. The van der Waals surface area contributed by atoms with Crippen LogP contribution in [0.5, 0.6) is 0 Å². The Morgan fingerprint density at radius 1 is 1.29 bits per heavy atom. The molecule has 0 unspecified atom stereocenters. The van der Waals surface area contributed by atoms with Gasteiger partial charge in [0.05, 0.1) is 5.69 Å². The van der Waals surface area contributed by atoms with Crippen LogP contribution in [0.25, 0.3) is 10.9 Å². The number of benzene rings is 1. The number of hydrogen-bond donors (Lipinski definition) is 3. The van der Waals surface area contributed by atoms with Crippen LogP contribution in [0.4, 0.5) is 5.95 Å². The second-order valence-electron chi connectivity index (χ2n) is 4.23. The Kier molecular flexibility index (Phi) is 2.14. The van der Waals surface area contributed by atoms with Crippen LogP contribution in [0.2, 0.25) is 0 Å². The Balaban J connectivity index is 2.03. The number of fused-ring (bicyclic) bond motifs is 1. The van der Waals surface area contributed by atoms with Crippen LogP contribution in [0.3, 0.4) is 0 Å². The van der Waals surface area contributed by atoms with E-state index >= 15 is 0 Å². The maximum Gasteiger partial charge on any atom is 0.197 e. The maximum absolute atomic E-state index is 5.65. The summed E-state index contributed by atoms with van der Waals surface area (Å²) in [5, 5.41) is 1.24. The van der Waals surface area contributed by atoms with Crippen LogP contribution in [-0.2, 0) is 6.42 Å². The number of para-hydroxylation sites is 1. The van der Waals surface area contributed by atoms with Crippen molar-refractivity contribution in [2.24, 2.45) is 0 Å². The zero-order valence-electron chi connectivity index (χ0n) is 9.62. The van der Waals surface area contributed by atoms with Crippen LogP contribution in [0.1, 0.15) is 17.0 Å². The highest BCUT2D eigenvalue weighted by atomic mass is 15.0. The van der Waals surface area contributed by atoms with Crippen LogP contribution in [-0.4, -0.2) is 15.0 Å². The molecule has 0 amide bonds. The highest BCUT2D eigenvalue weighted by molar-refractivity contribution is 5.83. The summed E-state index contributed by atoms with van der Waals surface area (Å²) < 4.78 is 0. The number of imidazole rings is 1. The van der Waals surface area contributed by atoms with Gasteiger partial charge in [-0.25, -0.2) is 4.98 Å². The van der Waals surface area contributed by atoms with Crippen LogP contribution < -0.4 is 5.73 Å². The summed E-state index contributed by atoms with van der Waals surface area (Å²) in [4.78, 5) is 10.6. The summed E-state index contributed by atoms with van der Waals surface area (Å²) in [5.41, 5.74) is 10.1.